The number of ether oxygens (including phenoxy) is 1. The van der Waals surface area contributed by atoms with Gasteiger partial charge in [-0.15, -0.1) is 11.8 Å². The van der Waals surface area contributed by atoms with Crippen LogP contribution in [0.5, 0.6) is 0 Å². The lowest BCUT2D eigenvalue weighted by Gasteiger charge is -2.17. The van der Waals surface area contributed by atoms with Crippen LogP contribution >= 0.6 is 11.8 Å². The molecule has 0 saturated heterocycles. The quantitative estimate of drug-likeness (QED) is 0.299. The molecule has 0 radical (unpaired) electrons. The summed E-state index contributed by atoms with van der Waals surface area (Å²) in [6, 6.07) is 13.8. The third-order valence-corrected chi connectivity index (χ3v) is 4.63. The van der Waals surface area contributed by atoms with Crippen LogP contribution in [0.1, 0.15) is 11.1 Å². The zero-order valence-corrected chi connectivity index (χ0v) is 15.9. The molecular formula is C19H20N2O5S. The van der Waals surface area contributed by atoms with E-state index in [4.69, 9.17) is 4.74 Å². The Bertz CT molecular complexity index is 823. The van der Waals surface area contributed by atoms with Crippen molar-refractivity contribution < 1.29 is 19.2 Å². The summed E-state index contributed by atoms with van der Waals surface area (Å²) in [4.78, 5) is 37.1. The Kier molecular flexibility index (Phi) is 7.36. The van der Waals surface area contributed by atoms with Crippen LogP contribution in [0.15, 0.2) is 53.4 Å². The number of amides is 1. The molecule has 0 aliphatic heterocycles. The molecule has 1 amide bonds. The van der Waals surface area contributed by atoms with Crippen molar-refractivity contribution in [1.82, 2.24) is 4.90 Å². The average molecular weight is 388 g/mol. The number of nitro groups is 1. The summed E-state index contributed by atoms with van der Waals surface area (Å²) in [5.74, 6) is -1.03. The molecule has 0 unspecified atom stereocenters. The number of likely N-dealkylation sites (N-methyl/N-ethyl adjacent to an activating group) is 1. The highest BCUT2D eigenvalue weighted by Gasteiger charge is 2.18. The van der Waals surface area contributed by atoms with Crippen molar-refractivity contribution in [3.63, 3.8) is 0 Å². The lowest BCUT2D eigenvalue weighted by Crippen LogP contribution is -2.31. The van der Waals surface area contributed by atoms with Gasteiger partial charge in [-0.2, -0.15) is 0 Å². The first kappa shape index (κ1) is 20.4. The fourth-order valence-electron chi connectivity index (χ4n) is 2.39. The monoisotopic (exact) mass is 388 g/mol. The summed E-state index contributed by atoms with van der Waals surface area (Å²) < 4.78 is 4.98. The third kappa shape index (κ3) is 6.10. The van der Waals surface area contributed by atoms with Gasteiger partial charge in [-0.05, 0) is 24.0 Å². The molecule has 2 rings (SSSR count). The third-order valence-electron chi connectivity index (χ3n) is 3.88. The van der Waals surface area contributed by atoms with Crippen molar-refractivity contribution in [2.75, 3.05) is 19.9 Å². The Morgan fingerprint density at radius 3 is 2.44 bits per heavy atom. The van der Waals surface area contributed by atoms with E-state index in [9.17, 15) is 19.7 Å². The van der Waals surface area contributed by atoms with Crippen LogP contribution in [0, 0.1) is 10.1 Å². The van der Waals surface area contributed by atoms with Crippen LogP contribution < -0.4 is 0 Å². The highest BCUT2D eigenvalue weighted by molar-refractivity contribution is 7.98. The van der Waals surface area contributed by atoms with Crippen molar-refractivity contribution >= 4 is 29.3 Å². The van der Waals surface area contributed by atoms with E-state index < -0.39 is 17.5 Å². The molecule has 7 nitrogen and oxygen atoms in total. The van der Waals surface area contributed by atoms with Gasteiger partial charge in [0.15, 0.2) is 6.61 Å². The van der Waals surface area contributed by atoms with Gasteiger partial charge in [0.2, 0.25) is 0 Å². The maximum absolute atomic E-state index is 12.1. The molecule has 0 heterocycles. The average Bonchev–Trinajstić information content (AvgIpc) is 2.66. The van der Waals surface area contributed by atoms with E-state index in [1.165, 1.54) is 23.1 Å². The van der Waals surface area contributed by atoms with Gasteiger partial charge in [-0.25, -0.2) is 0 Å². The second kappa shape index (κ2) is 9.72. The Balaban J connectivity index is 1.85. The number of carbonyl (C=O) groups is 2. The van der Waals surface area contributed by atoms with E-state index in [1.807, 2.05) is 30.5 Å². The van der Waals surface area contributed by atoms with E-state index in [0.29, 0.717) is 6.54 Å². The Hall–Kier alpha value is -2.87. The van der Waals surface area contributed by atoms with Gasteiger partial charge in [0, 0.05) is 30.1 Å². The molecule has 0 fully saturated rings. The van der Waals surface area contributed by atoms with Gasteiger partial charge in [0.05, 0.1) is 11.3 Å². The molecule has 2 aromatic carbocycles. The largest absolute Gasteiger partial charge is 0.455 e. The topological polar surface area (TPSA) is 89.8 Å². The normalized spacial score (nSPS) is 10.3. The maximum atomic E-state index is 12.1. The summed E-state index contributed by atoms with van der Waals surface area (Å²) in [5, 5.41) is 11.0. The number of para-hydroxylation sites is 1. The predicted molar refractivity (Wildman–Crippen MR) is 102 cm³/mol. The van der Waals surface area contributed by atoms with Crippen molar-refractivity contribution in [3.8, 4) is 0 Å². The summed E-state index contributed by atoms with van der Waals surface area (Å²) in [6.45, 7) is -0.00589. The summed E-state index contributed by atoms with van der Waals surface area (Å²) in [5.41, 5.74) is 1.07. The van der Waals surface area contributed by atoms with E-state index in [0.717, 1.165) is 10.5 Å². The molecule has 0 N–H and O–H groups in total. The highest BCUT2D eigenvalue weighted by atomic mass is 32.2. The van der Waals surface area contributed by atoms with E-state index in [2.05, 4.69) is 0 Å². The first-order valence-electron chi connectivity index (χ1n) is 8.15. The van der Waals surface area contributed by atoms with Crippen LogP contribution in [-0.2, 0) is 27.3 Å². The fourth-order valence-corrected chi connectivity index (χ4v) is 2.80. The summed E-state index contributed by atoms with van der Waals surface area (Å²) >= 11 is 1.64. The van der Waals surface area contributed by atoms with E-state index in [-0.39, 0.29) is 23.6 Å². The number of hydrogen-bond acceptors (Lipinski definition) is 6. The van der Waals surface area contributed by atoms with Gasteiger partial charge >= 0.3 is 5.97 Å². The van der Waals surface area contributed by atoms with Crippen molar-refractivity contribution in [1.29, 1.82) is 0 Å². The molecule has 142 valence electrons. The van der Waals surface area contributed by atoms with Gasteiger partial charge in [-0.1, -0.05) is 30.3 Å². The van der Waals surface area contributed by atoms with Gasteiger partial charge < -0.3 is 9.64 Å². The summed E-state index contributed by atoms with van der Waals surface area (Å²) in [6.07, 6.45) is 1.73. The summed E-state index contributed by atoms with van der Waals surface area (Å²) in [7, 11) is 1.63. The molecule has 8 heteroatoms. The standard InChI is InChI=1S/C19H20N2O5S/c1-20(12-14-7-9-16(27-2)10-8-14)18(22)13-26-19(23)11-15-5-3-4-6-17(15)21(24)25/h3-10H,11-13H2,1-2H3. The minimum atomic E-state index is -0.685. The number of hydrogen-bond donors (Lipinski definition) is 0. The van der Waals surface area contributed by atoms with Crippen LogP contribution in [-0.4, -0.2) is 41.6 Å². The predicted octanol–water partition coefficient (Wildman–Crippen LogP) is 3.06. The maximum Gasteiger partial charge on any atom is 0.311 e. The first-order chi connectivity index (χ1) is 12.9. The SMILES string of the molecule is CSc1ccc(CN(C)C(=O)COC(=O)Cc2ccccc2[N+](=O)[O-])cc1. The van der Waals surface area contributed by atoms with E-state index in [1.54, 1.807) is 24.9 Å². The number of carbonyl (C=O) groups excluding carboxylic acids is 2. The zero-order chi connectivity index (χ0) is 19.8. The number of nitrogens with zero attached hydrogens (tertiary/aromatic N) is 2. The van der Waals surface area contributed by atoms with Gasteiger partial charge in [-0.3, -0.25) is 19.7 Å². The molecule has 0 aliphatic carbocycles. The Labute approximate surface area is 161 Å². The Morgan fingerprint density at radius 2 is 1.81 bits per heavy atom. The Morgan fingerprint density at radius 1 is 1.15 bits per heavy atom. The molecular weight excluding hydrogens is 368 g/mol. The van der Waals surface area contributed by atoms with Crippen molar-refractivity contribution in [3.05, 3.63) is 69.8 Å². The fraction of sp³-hybridized carbons (Fsp3) is 0.263. The molecule has 0 aliphatic rings. The minimum absolute atomic E-state index is 0.147. The number of esters is 1. The number of benzene rings is 2. The zero-order valence-electron chi connectivity index (χ0n) is 15.1. The first-order valence-corrected chi connectivity index (χ1v) is 9.38. The van der Waals surface area contributed by atoms with Crippen LogP contribution in [0.3, 0.4) is 0 Å². The van der Waals surface area contributed by atoms with Gasteiger partial charge in [0.25, 0.3) is 11.6 Å². The molecule has 0 bridgehead atoms. The second-order valence-corrected chi connectivity index (χ2v) is 6.70. The molecule has 0 aromatic heterocycles. The smallest absolute Gasteiger partial charge is 0.311 e. The van der Waals surface area contributed by atoms with Crippen LogP contribution in [0.25, 0.3) is 0 Å². The van der Waals surface area contributed by atoms with Crippen molar-refractivity contribution in [2.24, 2.45) is 0 Å². The molecule has 0 saturated carbocycles. The van der Waals surface area contributed by atoms with Gasteiger partial charge in [0.1, 0.15) is 0 Å². The number of thioether (sulfide) groups is 1. The molecule has 27 heavy (non-hydrogen) atoms. The minimum Gasteiger partial charge on any atom is -0.455 e. The molecule has 2 aromatic rings. The van der Waals surface area contributed by atoms with E-state index >= 15 is 0 Å². The van der Waals surface area contributed by atoms with Crippen molar-refractivity contribution in [2.45, 2.75) is 17.9 Å². The number of nitro benzene ring substituents is 1. The number of rotatable bonds is 8. The lowest BCUT2D eigenvalue weighted by molar-refractivity contribution is -0.385. The lowest BCUT2D eigenvalue weighted by atomic mass is 10.1. The van der Waals surface area contributed by atoms with Crippen LogP contribution in [0.4, 0.5) is 5.69 Å². The second-order valence-electron chi connectivity index (χ2n) is 5.82. The molecule has 0 spiro atoms. The van der Waals surface area contributed by atoms with Crippen LogP contribution in [0.2, 0.25) is 0 Å². The highest BCUT2D eigenvalue weighted by Crippen LogP contribution is 2.18. The molecule has 0 atom stereocenters.